The quantitative estimate of drug-likeness (QED) is 0.368. The number of nitrogens with one attached hydrogen (secondary N) is 1. The van der Waals surface area contributed by atoms with Crippen LogP contribution in [0.5, 0.6) is 0 Å². The fourth-order valence-corrected chi connectivity index (χ4v) is 1.85. The van der Waals surface area contributed by atoms with E-state index in [9.17, 15) is 15.3 Å². The lowest BCUT2D eigenvalue weighted by atomic mass is 9.85. The molecule has 0 spiro atoms. The van der Waals surface area contributed by atoms with Crippen molar-refractivity contribution in [2.24, 2.45) is 5.92 Å². The molecule has 0 fully saturated rings. The summed E-state index contributed by atoms with van der Waals surface area (Å²) in [6.45, 7) is 2.95. The van der Waals surface area contributed by atoms with Crippen LogP contribution in [0.4, 0.5) is 0 Å². The van der Waals surface area contributed by atoms with Crippen molar-refractivity contribution in [3.63, 3.8) is 0 Å². The predicted octanol–water partition coefficient (Wildman–Crippen LogP) is -1.30. The smallest absolute Gasteiger partial charge is 0.0864 e. The van der Waals surface area contributed by atoms with Gasteiger partial charge in [-0.3, -0.25) is 0 Å². The molecular weight excluding hydrogens is 198 g/mol. The number of hydrogen-bond donors (Lipinski definition) is 5. The van der Waals surface area contributed by atoms with Gasteiger partial charge in [-0.15, -0.1) is 0 Å². The molecule has 5 heteroatoms. The molecule has 0 radical (unpaired) electrons. The first-order valence-corrected chi connectivity index (χ1v) is 5.31. The van der Waals surface area contributed by atoms with Crippen LogP contribution in [0.2, 0.25) is 0 Å². The van der Waals surface area contributed by atoms with Gasteiger partial charge in [0.05, 0.1) is 24.9 Å². The van der Waals surface area contributed by atoms with Gasteiger partial charge < -0.3 is 25.7 Å². The minimum Gasteiger partial charge on any atom is -0.394 e. The Morgan fingerprint density at radius 3 is 2.00 bits per heavy atom. The van der Waals surface area contributed by atoms with E-state index in [1.54, 1.807) is 7.05 Å². The summed E-state index contributed by atoms with van der Waals surface area (Å²) in [5, 5.41) is 40.5. The zero-order valence-electron chi connectivity index (χ0n) is 9.59. The molecule has 0 aliphatic carbocycles. The van der Waals surface area contributed by atoms with Crippen LogP contribution < -0.4 is 5.32 Å². The van der Waals surface area contributed by atoms with Crippen molar-refractivity contribution in [3.8, 4) is 0 Å². The fraction of sp³-hybridized carbons (Fsp3) is 1.00. The molecular formula is C10H23NO4. The van der Waals surface area contributed by atoms with Crippen LogP contribution in [0.15, 0.2) is 0 Å². The average Bonchev–Trinajstić information content (AvgIpc) is 2.23. The van der Waals surface area contributed by atoms with E-state index in [1.807, 2.05) is 6.92 Å². The van der Waals surface area contributed by atoms with Gasteiger partial charge >= 0.3 is 0 Å². The van der Waals surface area contributed by atoms with E-state index < -0.39 is 30.8 Å². The standard InChI is InChI=1S/C10H23NO4/c1-4-7(11-3)9(8(14)5-12)10(15)6(2)13/h6-15H,4-5H2,1-3H3/t6?,7?,8-,9?,10?/m0/s1. The summed E-state index contributed by atoms with van der Waals surface area (Å²) in [5.74, 6) is -0.579. The van der Waals surface area contributed by atoms with Crippen molar-refractivity contribution >= 4 is 0 Å². The Morgan fingerprint density at radius 1 is 1.20 bits per heavy atom. The Balaban J connectivity index is 4.69. The van der Waals surface area contributed by atoms with Gasteiger partial charge in [-0.2, -0.15) is 0 Å². The third-order valence-electron chi connectivity index (χ3n) is 2.80. The van der Waals surface area contributed by atoms with E-state index in [1.165, 1.54) is 6.92 Å². The van der Waals surface area contributed by atoms with E-state index in [4.69, 9.17) is 5.11 Å². The highest BCUT2D eigenvalue weighted by Crippen LogP contribution is 2.19. The second-order valence-corrected chi connectivity index (χ2v) is 3.86. The second kappa shape index (κ2) is 7.14. The SMILES string of the molecule is CCC(NC)C(C(O)C(C)O)[C@@H](O)CO. The van der Waals surface area contributed by atoms with Crippen molar-refractivity contribution < 1.29 is 20.4 Å². The molecule has 15 heavy (non-hydrogen) atoms. The Labute approximate surface area is 90.8 Å². The molecule has 0 aromatic heterocycles. The molecule has 92 valence electrons. The largest absolute Gasteiger partial charge is 0.394 e. The van der Waals surface area contributed by atoms with Gasteiger partial charge in [0.2, 0.25) is 0 Å². The maximum absolute atomic E-state index is 9.76. The van der Waals surface area contributed by atoms with Gasteiger partial charge in [-0.05, 0) is 20.4 Å². The van der Waals surface area contributed by atoms with Gasteiger partial charge in [-0.1, -0.05) is 6.92 Å². The summed E-state index contributed by atoms with van der Waals surface area (Å²) in [7, 11) is 1.72. The molecule has 0 bridgehead atoms. The lowest BCUT2D eigenvalue weighted by molar-refractivity contribution is -0.0765. The third-order valence-corrected chi connectivity index (χ3v) is 2.80. The van der Waals surface area contributed by atoms with Crippen LogP contribution >= 0.6 is 0 Å². The minimum atomic E-state index is -1.05. The zero-order chi connectivity index (χ0) is 12.0. The van der Waals surface area contributed by atoms with E-state index in [2.05, 4.69) is 5.32 Å². The molecule has 0 saturated heterocycles. The van der Waals surface area contributed by atoms with E-state index in [-0.39, 0.29) is 6.04 Å². The summed E-state index contributed by atoms with van der Waals surface area (Å²) in [5.41, 5.74) is 0. The molecule has 0 amide bonds. The molecule has 5 atom stereocenters. The van der Waals surface area contributed by atoms with Crippen molar-refractivity contribution in [2.75, 3.05) is 13.7 Å². The Hall–Kier alpha value is -0.200. The molecule has 5 nitrogen and oxygen atoms in total. The summed E-state index contributed by atoms with van der Waals surface area (Å²) in [6.07, 6.45) is -2.32. The normalized spacial score (nSPS) is 21.8. The molecule has 0 rings (SSSR count). The Bertz CT molecular complexity index is 160. The number of aliphatic hydroxyl groups is 4. The first-order chi connectivity index (χ1) is 6.99. The highest BCUT2D eigenvalue weighted by Gasteiger charge is 2.34. The number of rotatable bonds is 7. The monoisotopic (exact) mass is 221 g/mol. The second-order valence-electron chi connectivity index (χ2n) is 3.86. The third kappa shape index (κ3) is 4.04. The Kier molecular flexibility index (Phi) is 7.04. The lowest BCUT2D eigenvalue weighted by Gasteiger charge is -2.34. The summed E-state index contributed by atoms with van der Waals surface area (Å²) < 4.78 is 0. The molecule has 5 N–H and O–H groups in total. The first kappa shape index (κ1) is 14.8. The summed E-state index contributed by atoms with van der Waals surface area (Å²) in [4.78, 5) is 0. The number of aliphatic hydroxyl groups excluding tert-OH is 4. The van der Waals surface area contributed by atoms with E-state index in [0.717, 1.165) is 0 Å². The lowest BCUT2D eigenvalue weighted by Crippen LogP contribution is -2.50. The highest BCUT2D eigenvalue weighted by molar-refractivity contribution is 4.87. The van der Waals surface area contributed by atoms with Crippen molar-refractivity contribution in [1.29, 1.82) is 0 Å². The van der Waals surface area contributed by atoms with Gasteiger partial charge in [0.1, 0.15) is 0 Å². The topological polar surface area (TPSA) is 93.0 Å². The fourth-order valence-electron chi connectivity index (χ4n) is 1.85. The summed E-state index contributed by atoms with van der Waals surface area (Å²) >= 11 is 0. The maximum atomic E-state index is 9.76. The molecule has 0 aromatic rings. The van der Waals surface area contributed by atoms with Gasteiger partial charge in [0.25, 0.3) is 0 Å². The molecule has 4 unspecified atom stereocenters. The van der Waals surface area contributed by atoms with E-state index in [0.29, 0.717) is 6.42 Å². The minimum absolute atomic E-state index is 0.142. The maximum Gasteiger partial charge on any atom is 0.0864 e. The van der Waals surface area contributed by atoms with Gasteiger partial charge in [0, 0.05) is 12.0 Å². The van der Waals surface area contributed by atoms with Gasteiger partial charge in [0.15, 0.2) is 0 Å². The van der Waals surface area contributed by atoms with Crippen molar-refractivity contribution in [2.45, 2.75) is 44.6 Å². The molecule has 0 saturated carbocycles. The van der Waals surface area contributed by atoms with Crippen LogP contribution in [0.25, 0.3) is 0 Å². The van der Waals surface area contributed by atoms with Crippen molar-refractivity contribution in [1.82, 2.24) is 5.32 Å². The predicted molar refractivity (Wildman–Crippen MR) is 57.4 cm³/mol. The molecule has 0 aliphatic rings. The zero-order valence-corrected chi connectivity index (χ0v) is 9.59. The van der Waals surface area contributed by atoms with Crippen LogP contribution in [0.3, 0.4) is 0 Å². The Morgan fingerprint density at radius 2 is 1.73 bits per heavy atom. The van der Waals surface area contributed by atoms with Crippen LogP contribution in [0.1, 0.15) is 20.3 Å². The molecule has 0 aromatic carbocycles. The van der Waals surface area contributed by atoms with Crippen LogP contribution in [-0.4, -0.2) is 58.4 Å². The first-order valence-electron chi connectivity index (χ1n) is 5.31. The van der Waals surface area contributed by atoms with E-state index >= 15 is 0 Å². The van der Waals surface area contributed by atoms with Crippen molar-refractivity contribution in [3.05, 3.63) is 0 Å². The molecule has 0 aliphatic heterocycles. The average molecular weight is 221 g/mol. The highest BCUT2D eigenvalue weighted by atomic mass is 16.3. The summed E-state index contributed by atoms with van der Waals surface area (Å²) in [6, 6.07) is -0.142. The number of hydrogen-bond acceptors (Lipinski definition) is 5. The molecule has 0 heterocycles. The van der Waals surface area contributed by atoms with Crippen LogP contribution in [0, 0.1) is 5.92 Å². The van der Waals surface area contributed by atoms with Crippen LogP contribution in [-0.2, 0) is 0 Å². The van der Waals surface area contributed by atoms with Gasteiger partial charge in [-0.25, -0.2) is 0 Å².